The van der Waals surface area contributed by atoms with Crippen molar-refractivity contribution in [3.8, 4) is 0 Å². The molecule has 116 valence electrons. The Hall–Kier alpha value is -1.43. The van der Waals surface area contributed by atoms with Crippen molar-refractivity contribution in [2.75, 3.05) is 33.5 Å². The van der Waals surface area contributed by atoms with Crippen molar-refractivity contribution in [3.63, 3.8) is 0 Å². The molecule has 1 aliphatic rings. The number of hydrogen-bond acceptors (Lipinski definition) is 5. The molecule has 0 aromatic rings. The van der Waals surface area contributed by atoms with Gasteiger partial charge in [-0.25, -0.2) is 4.79 Å². The van der Waals surface area contributed by atoms with Gasteiger partial charge in [-0.3, -0.25) is 0 Å². The summed E-state index contributed by atoms with van der Waals surface area (Å²) in [5, 5.41) is 3.09. The molecule has 0 atom stereocenters. The van der Waals surface area contributed by atoms with Crippen LogP contribution in [0.3, 0.4) is 0 Å². The predicted octanol–water partition coefficient (Wildman–Crippen LogP) is 2.07. The maximum atomic E-state index is 12.2. The lowest BCUT2D eigenvalue weighted by molar-refractivity contribution is 0.0211. The summed E-state index contributed by atoms with van der Waals surface area (Å²) in [5.74, 6) is 0.657. The molecular formula is C14H26N2O4. The predicted molar refractivity (Wildman–Crippen MR) is 76.1 cm³/mol. The van der Waals surface area contributed by atoms with Gasteiger partial charge in [-0.1, -0.05) is 0 Å². The molecule has 1 amide bonds. The van der Waals surface area contributed by atoms with E-state index in [0.29, 0.717) is 18.8 Å². The van der Waals surface area contributed by atoms with Gasteiger partial charge >= 0.3 is 6.09 Å². The van der Waals surface area contributed by atoms with Gasteiger partial charge in [0.1, 0.15) is 11.9 Å². The zero-order valence-corrected chi connectivity index (χ0v) is 12.9. The second-order valence-electron chi connectivity index (χ2n) is 5.73. The second-order valence-corrected chi connectivity index (χ2v) is 5.73. The molecule has 0 radical (unpaired) electrons. The van der Waals surface area contributed by atoms with E-state index in [4.69, 9.17) is 14.2 Å². The summed E-state index contributed by atoms with van der Waals surface area (Å²) in [7, 11) is 1.92. The Bertz CT molecular complexity index is 337. The number of nitrogens with one attached hydrogen (secondary N) is 1. The average molecular weight is 286 g/mol. The molecule has 1 rings (SSSR count). The highest BCUT2D eigenvalue weighted by Gasteiger charge is 2.24. The highest BCUT2D eigenvalue weighted by molar-refractivity contribution is 5.68. The number of unbranched alkanes of at least 4 members (excludes halogenated alkanes) is 1. The van der Waals surface area contributed by atoms with Crippen LogP contribution in [0.2, 0.25) is 0 Å². The molecule has 0 fully saturated rings. The third kappa shape index (κ3) is 6.65. The highest BCUT2D eigenvalue weighted by Crippen LogP contribution is 2.14. The number of rotatable bonds is 7. The van der Waals surface area contributed by atoms with E-state index in [2.05, 4.69) is 5.32 Å². The fraction of sp³-hybridized carbons (Fsp3) is 0.786. The van der Waals surface area contributed by atoms with Crippen molar-refractivity contribution in [1.29, 1.82) is 0 Å². The molecule has 0 saturated heterocycles. The van der Waals surface area contributed by atoms with Crippen LogP contribution in [-0.4, -0.2) is 50.1 Å². The summed E-state index contributed by atoms with van der Waals surface area (Å²) in [6, 6.07) is 0. The topological polar surface area (TPSA) is 60.0 Å². The number of nitrogens with zero attached hydrogens (tertiary/aromatic N) is 1. The fourth-order valence-corrected chi connectivity index (χ4v) is 1.71. The van der Waals surface area contributed by atoms with E-state index in [1.54, 1.807) is 11.2 Å². The molecule has 6 nitrogen and oxygen atoms in total. The van der Waals surface area contributed by atoms with Gasteiger partial charge in [0.2, 0.25) is 6.79 Å². The van der Waals surface area contributed by atoms with Crippen molar-refractivity contribution in [3.05, 3.63) is 12.0 Å². The minimum absolute atomic E-state index is 0.219. The minimum atomic E-state index is -0.498. The highest BCUT2D eigenvalue weighted by atomic mass is 16.7. The normalized spacial score (nSPS) is 14.3. The third-order valence-corrected chi connectivity index (χ3v) is 2.63. The van der Waals surface area contributed by atoms with Crippen LogP contribution in [0.5, 0.6) is 0 Å². The first-order valence-corrected chi connectivity index (χ1v) is 6.98. The van der Waals surface area contributed by atoms with Crippen LogP contribution in [0.4, 0.5) is 4.79 Å². The Balaban J connectivity index is 2.50. The molecule has 0 aliphatic carbocycles. The van der Waals surface area contributed by atoms with E-state index in [1.807, 2.05) is 27.8 Å². The van der Waals surface area contributed by atoms with Gasteiger partial charge in [-0.05, 0) is 47.2 Å². The lowest BCUT2D eigenvalue weighted by Crippen LogP contribution is -2.38. The SMILES string of the molecule is CNCCCCN(CC1=COCO1)C(=O)OC(C)(C)C. The Kier molecular flexibility index (Phi) is 6.64. The Morgan fingerprint density at radius 2 is 2.20 bits per heavy atom. The zero-order chi connectivity index (χ0) is 15.0. The van der Waals surface area contributed by atoms with Crippen LogP contribution in [0.25, 0.3) is 0 Å². The number of amides is 1. The minimum Gasteiger partial charge on any atom is -0.462 e. The molecule has 0 spiro atoms. The van der Waals surface area contributed by atoms with Crippen LogP contribution in [0.15, 0.2) is 12.0 Å². The van der Waals surface area contributed by atoms with Crippen LogP contribution in [-0.2, 0) is 14.2 Å². The smallest absolute Gasteiger partial charge is 0.410 e. The summed E-state index contributed by atoms with van der Waals surface area (Å²) in [6.45, 7) is 7.75. The van der Waals surface area contributed by atoms with E-state index >= 15 is 0 Å². The number of carbonyl (C=O) groups is 1. The molecule has 0 unspecified atom stereocenters. The standard InChI is InChI=1S/C14H26N2O4/c1-14(2,3)20-13(17)16(8-6-5-7-15-4)9-12-10-18-11-19-12/h10,15H,5-9,11H2,1-4H3. The Morgan fingerprint density at radius 1 is 1.45 bits per heavy atom. The van der Waals surface area contributed by atoms with Crippen molar-refractivity contribution in [2.45, 2.75) is 39.2 Å². The molecule has 6 heteroatoms. The van der Waals surface area contributed by atoms with E-state index in [-0.39, 0.29) is 12.9 Å². The van der Waals surface area contributed by atoms with Gasteiger partial charge in [-0.2, -0.15) is 0 Å². The van der Waals surface area contributed by atoms with E-state index in [1.165, 1.54) is 0 Å². The Labute approximate surface area is 121 Å². The van der Waals surface area contributed by atoms with Crippen LogP contribution < -0.4 is 5.32 Å². The maximum Gasteiger partial charge on any atom is 0.410 e. The van der Waals surface area contributed by atoms with Crippen LogP contribution in [0.1, 0.15) is 33.6 Å². The molecular weight excluding hydrogens is 260 g/mol. The summed E-state index contributed by atoms with van der Waals surface area (Å²) in [4.78, 5) is 13.8. The van der Waals surface area contributed by atoms with Crippen molar-refractivity contribution >= 4 is 6.09 Å². The molecule has 1 N–H and O–H groups in total. The number of hydrogen-bond donors (Lipinski definition) is 1. The summed E-state index contributed by atoms with van der Waals surface area (Å²) in [5.41, 5.74) is -0.498. The second kappa shape index (κ2) is 7.99. The molecule has 20 heavy (non-hydrogen) atoms. The van der Waals surface area contributed by atoms with Gasteiger partial charge in [0.05, 0.1) is 6.54 Å². The number of ether oxygens (including phenoxy) is 3. The average Bonchev–Trinajstić information content (AvgIpc) is 2.83. The molecule has 0 saturated carbocycles. The molecule has 1 aliphatic heterocycles. The first-order valence-electron chi connectivity index (χ1n) is 6.98. The van der Waals surface area contributed by atoms with Gasteiger partial charge < -0.3 is 24.4 Å². The largest absolute Gasteiger partial charge is 0.462 e. The van der Waals surface area contributed by atoms with E-state index < -0.39 is 5.60 Å². The van der Waals surface area contributed by atoms with Crippen molar-refractivity contribution in [1.82, 2.24) is 10.2 Å². The summed E-state index contributed by atoms with van der Waals surface area (Å²) in [6.07, 6.45) is 3.14. The first kappa shape index (κ1) is 16.6. The Morgan fingerprint density at radius 3 is 2.75 bits per heavy atom. The van der Waals surface area contributed by atoms with Gasteiger partial charge in [0, 0.05) is 6.54 Å². The maximum absolute atomic E-state index is 12.2. The van der Waals surface area contributed by atoms with Crippen LogP contribution in [0, 0.1) is 0 Å². The molecule has 0 aromatic carbocycles. The molecule has 0 bridgehead atoms. The number of carbonyl (C=O) groups excluding carboxylic acids is 1. The lowest BCUT2D eigenvalue weighted by atomic mass is 10.2. The summed E-state index contributed by atoms with van der Waals surface area (Å²) >= 11 is 0. The monoisotopic (exact) mass is 286 g/mol. The van der Waals surface area contributed by atoms with Crippen molar-refractivity contribution < 1.29 is 19.0 Å². The summed E-state index contributed by atoms with van der Waals surface area (Å²) < 4.78 is 15.7. The quantitative estimate of drug-likeness (QED) is 0.726. The lowest BCUT2D eigenvalue weighted by Gasteiger charge is -2.27. The van der Waals surface area contributed by atoms with Gasteiger partial charge in [0.15, 0.2) is 5.76 Å². The fourth-order valence-electron chi connectivity index (χ4n) is 1.71. The van der Waals surface area contributed by atoms with E-state index in [0.717, 1.165) is 19.4 Å². The first-order chi connectivity index (χ1) is 9.42. The van der Waals surface area contributed by atoms with Crippen molar-refractivity contribution in [2.24, 2.45) is 0 Å². The zero-order valence-electron chi connectivity index (χ0n) is 12.9. The molecule has 1 heterocycles. The van der Waals surface area contributed by atoms with Gasteiger partial charge in [0.25, 0.3) is 0 Å². The molecule has 0 aromatic heterocycles. The van der Waals surface area contributed by atoms with Crippen LogP contribution >= 0.6 is 0 Å². The van der Waals surface area contributed by atoms with Gasteiger partial charge in [-0.15, -0.1) is 0 Å². The third-order valence-electron chi connectivity index (χ3n) is 2.63. The van der Waals surface area contributed by atoms with E-state index in [9.17, 15) is 4.79 Å².